The highest BCUT2D eigenvalue weighted by molar-refractivity contribution is 7.10. The highest BCUT2D eigenvalue weighted by Gasteiger charge is 2.49. The maximum absolute atomic E-state index is 13.2. The van der Waals surface area contributed by atoms with Crippen LogP contribution in [0.25, 0.3) is 5.57 Å². The van der Waals surface area contributed by atoms with Gasteiger partial charge in [0.1, 0.15) is 5.75 Å². The molecule has 1 heterocycles. The van der Waals surface area contributed by atoms with Crippen LogP contribution >= 0.6 is 11.3 Å². The van der Waals surface area contributed by atoms with Crippen molar-refractivity contribution in [2.24, 2.45) is 5.41 Å². The number of benzene rings is 2. The zero-order valence-corrected chi connectivity index (χ0v) is 17.0. The van der Waals surface area contributed by atoms with E-state index in [1.807, 2.05) is 62.4 Å². The number of anilines is 1. The van der Waals surface area contributed by atoms with Crippen LogP contribution in [0, 0.1) is 5.41 Å². The Morgan fingerprint density at radius 2 is 1.68 bits per heavy atom. The zero-order valence-electron chi connectivity index (χ0n) is 16.2. The van der Waals surface area contributed by atoms with Gasteiger partial charge in [0, 0.05) is 16.1 Å². The van der Waals surface area contributed by atoms with E-state index in [1.165, 1.54) is 0 Å². The van der Waals surface area contributed by atoms with Crippen LogP contribution in [0.4, 0.5) is 5.69 Å². The summed E-state index contributed by atoms with van der Waals surface area (Å²) in [4.78, 5) is 14.3. The number of hydrogen-bond donors (Lipinski definition) is 1. The molecule has 1 atom stereocenters. The predicted molar refractivity (Wildman–Crippen MR) is 116 cm³/mol. The van der Waals surface area contributed by atoms with E-state index in [9.17, 15) is 4.79 Å². The lowest BCUT2D eigenvalue weighted by atomic mass is 9.61. The average molecular weight is 390 g/mol. The minimum atomic E-state index is -0.478. The van der Waals surface area contributed by atoms with E-state index in [4.69, 9.17) is 4.74 Å². The van der Waals surface area contributed by atoms with Crippen LogP contribution in [0.15, 0.2) is 77.7 Å². The van der Waals surface area contributed by atoms with Gasteiger partial charge in [-0.3, -0.25) is 4.79 Å². The number of ether oxygens (including phenoxy) is 1. The molecule has 4 rings (SSSR count). The number of rotatable bonds is 6. The van der Waals surface area contributed by atoms with E-state index in [0.29, 0.717) is 0 Å². The van der Waals surface area contributed by atoms with Gasteiger partial charge in [-0.1, -0.05) is 36.4 Å². The van der Waals surface area contributed by atoms with Crippen molar-refractivity contribution in [2.75, 3.05) is 12.4 Å². The highest BCUT2D eigenvalue weighted by atomic mass is 32.1. The summed E-state index contributed by atoms with van der Waals surface area (Å²) in [6.07, 6.45) is 0. The molecule has 28 heavy (non-hydrogen) atoms. The van der Waals surface area contributed by atoms with E-state index >= 15 is 0 Å². The third-order valence-electron chi connectivity index (χ3n) is 5.29. The first-order chi connectivity index (χ1) is 13.5. The Morgan fingerprint density at radius 3 is 2.29 bits per heavy atom. The summed E-state index contributed by atoms with van der Waals surface area (Å²) in [6, 6.07) is 22.0. The van der Waals surface area contributed by atoms with Crippen molar-refractivity contribution < 1.29 is 9.53 Å². The smallest absolute Gasteiger partial charge is 0.171 e. The van der Waals surface area contributed by atoms with Gasteiger partial charge in [-0.2, -0.15) is 0 Å². The molecule has 0 amide bonds. The zero-order chi connectivity index (χ0) is 19.7. The molecule has 142 valence electrons. The summed E-state index contributed by atoms with van der Waals surface area (Å²) < 4.78 is 5.26. The molecule has 3 nitrogen and oxygen atoms in total. The predicted octanol–water partition coefficient (Wildman–Crippen LogP) is 5.97. The topological polar surface area (TPSA) is 38.3 Å². The molecular formula is C24H23NO2S. The van der Waals surface area contributed by atoms with Gasteiger partial charge in [-0.05, 0) is 60.7 Å². The molecule has 0 fully saturated rings. The number of carbonyl (C=O) groups excluding carboxylic acids is 1. The minimum Gasteiger partial charge on any atom is -0.497 e. The second-order valence-electron chi connectivity index (χ2n) is 7.43. The van der Waals surface area contributed by atoms with Gasteiger partial charge in [0.25, 0.3) is 0 Å². The van der Waals surface area contributed by atoms with Gasteiger partial charge in [-0.15, -0.1) is 11.3 Å². The molecule has 0 aliphatic heterocycles. The molecule has 1 N–H and O–H groups in total. The summed E-state index contributed by atoms with van der Waals surface area (Å²) in [7, 11) is 1.66. The fourth-order valence-corrected chi connectivity index (χ4v) is 4.61. The fraction of sp³-hybridized carbons (Fsp3) is 0.208. The molecule has 0 bridgehead atoms. The highest BCUT2D eigenvalue weighted by Crippen LogP contribution is 2.53. The molecular weight excluding hydrogens is 366 g/mol. The number of allylic oxidation sites excluding steroid dienone is 1. The molecule has 1 aliphatic carbocycles. The molecule has 1 aliphatic rings. The number of ketones is 1. The standard InChI is InChI=1S/C24H23NO2S/c1-24(2)21(16-8-5-4-6-9-16)20(23(24)26)22(19-10-7-15-28-19)25-17-11-13-18(27-3)14-12-17/h4-15,22,25H,1-3H3/t22-/m1/s1. The molecule has 0 saturated carbocycles. The Bertz CT molecular complexity index is 1000. The number of nitrogens with one attached hydrogen (secondary N) is 1. The molecule has 1 aromatic heterocycles. The second kappa shape index (κ2) is 7.28. The summed E-state index contributed by atoms with van der Waals surface area (Å²) in [5.41, 5.74) is 3.57. The lowest BCUT2D eigenvalue weighted by Gasteiger charge is -2.42. The van der Waals surface area contributed by atoms with E-state index in [2.05, 4.69) is 28.9 Å². The first-order valence-electron chi connectivity index (χ1n) is 9.31. The summed E-state index contributed by atoms with van der Waals surface area (Å²) >= 11 is 1.66. The molecule has 3 aromatic rings. The van der Waals surface area contributed by atoms with E-state index in [-0.39, 0.29) is 11.8 Å². The maximum Gasteiger partial charge on any atom is 0.171 e. The van der Waals surface area contributed by atoms with Crippen molar-refractivity contribution in [3.8, 4) is 5.75 Å². The number of carbonyl (C=O) groups is 1. The monoisotopic (exact) mass is 389 g/mol. The normalized spacial score (nSPS) is 16.5. The van der Waals surface area contributed by atoms with E-state index in [1.54, 1.807) is 18.4 Å². The van der Waals surface area contributed by atoms with E-state index in [0.717, 1.165) is 33.0 Å². The summed E-state index contributed by atoms with van der Waals surface area (Å²) in [6.45, 7) is 4.03. The van der Waals surface area contributed by atoms with Gasteiger partial charge >= 0.3 is 0 Å². The fourth-order valence-electron chi connectivity index (χ4n) is 3.83. The van der Waals surface area contributed by atoms with Crippen molar-refractivity contribution >= 4 is 28.4 Å². The Labute approximate surface area is 169 Å². The Hall–Kier alpha value is -2.85. The first kappa shape index (κ1) is 18.5. The number of thiophene rings is 1. The van der Waals surface area contributed by atoms with Crippen molar-refractivity contribution in [1.82, 2.24) is 0 Å². The Balaban J connectivity index is 1.80. The number of hydrogen-bond acceptors (Lipinski definition) is 4. The van der Waals surface area contributed by atoms with Gasteiger partial charge in [0.2, 0.25) is 0 Å². The molecule has 2 aromatic carbocycles. The average Bonchev–Trinajstić information content (AvgIpc) is 3.26. The third kappa shape index (κ3) is 3.14. The first-order valence-corrected chi connectivity index (χ1v) is 10.2. The van der Waals surface area contributed by atoms with Crippen molar-refractivity contribution in [1.29, 1.82) is 0 Å². The number of Topliss-reactive ketones (excluding diaryl/α,β-unsaturated/α-hetero) is 1. The quantitative estimate of drug-likeness (QED) is 0.564. The van der Waals surface area contributed by atoms with Crippen LogP contribution in [-0.4, -0.2) is 12.9 Å². The Kier molecular flexibility index (Phi) is 4.82. The number of methoxy groups -OCH3 is 1. The lowest BCUT2D eigenvalue weighted by Crippen LogP contribution is -2.42. The van der Waals surface area contributed by atoms with Gasteiger partial charge < -0.3 is 10.1 Å². The summed E-state index contributed by atoms with van der Waals surface area (Å²) in [5, 5.41) is 5.63. The Morgan fingerprint density at radius 1 is 0.964 bits per heavy atom. The largest absolute Gasteiger partial charge is 0.497 e. The van der Waals surface area contributed by atoms with Gasteiger partial charge in [-0.25, -0.2) is 0 Å². The maximum atomic E-state index is 13.2. The second-order valence-corrected chi connectivity index (χ2v) is 8.41. The van der Waals surface area contributed by atoms with E-state index < -0.39 is 5.41 Å². The molecule has 0 radical (unpaired) electrons. The third-order valence-corrected chi connectivity index (χ3v) is 6.22. The molecule has 4 heteroatoms. The molecule has 0 saturated heterocycles. The molecule has 0 unspecified atom stereocenters. The van der Waals surface area contributed by atoms with Crippen molar-refractivity contribution in [2.45, 2.75) is 19.9 Å². The van der Waals surface area contributed by atoms with Gasteiger partial charge in [0.15, 0.2) is 5.78 Å². The molecule has 0 spiro atoms. The lowest BCUT2D eigenvalue weighted by molar-refractivity contribution is -0.123. The minimum absolute atomic E-state index is 0.177. The van der Waals surface area contributed by atoms with Gasteiger partial charge in [0.05, 0.1) is 18.6 Å². The van der Waals surface area contributed by atoms with Crippen LogP contribution in [0.1, 0.15) is 30.3 Å². The van der Waals surface area contributed by atoms with Crippen LogP contribution in [0.3, 0.4) is 0 Å². The van der Waals surface area contributed by atoms with Crippen LogP contribution in [0.2, 0.25) is 0 Å². The van der Waals surface area contributed by atoms with Crippen molar-refractivity contribution in [3.63, 3.8) is 0 Å². The van der Waals surface area contributed by atoms with Crippen LogP contribution < -0.4 is 10.1 Å². The van der Waals surface area contributed by atoms with Crippen molar-refractivity contribution in [3.05, 3.63) is 88.1 Å². The summed E-state index contributed by atoms with van der Waals surface area (Å²) in [5.74, 6) is 1.01. The SMILES string of the molecule is COc1ccc(N[C@@H](C2=C(c3ccccc3)C(C)(C)C2=O)c2cccs2)cc1. The van der Waals surface area contributed by atoms with Crippen LogP contribution in [0.5, 0.6) is 5.75 Å². The van der Waals surface area contributed by atoms with Crippen LogP contribution in [-0.2, 0) is 4.79 Å².